The second kappa shape index (κ2) is 4.77. The standard InChI is InChI=1S/C10H11Cl3N2/c11-7-2-1-3-15(6-7)10-9(13)4-8(12)5-14-10/h4-5,7H,1-3,6H2. The predicted molar refractivity (Wildman–Crippen MR) is 65.3 cm³/mol. The van der Waals surface area contributed by atoms with Crippen LogP contribution in [0.3, 0.4) is 0 Å². The lowest BCUT2D eigenvalue weighted by Gasteiger charge is -2.31. The van der Waals surface area contributed by atoms with Gasteiger partial charge in [0.25, 0.3) is 0 Å². The first-order valence-electron chi connectivity index (χ1n) is 4.87. The molecule has 5 heteroatoms. The number of hydrogen-bond donors (Lipinski definition) is 0. The molecule has 82 valence electrons. The zero-order chi connectivity index (χ0) is 10.8. The fourth-order valence-electron chi connectivity index (χ4n) is 1.76. The highest BCUT2D eigenvalue weighted by molar-refractivity contribution is 6.36. The average molecular weight is 266 g/mol. The van der Waals surface area contributed by atoms with Gasteiger partial charge in [-0.2, -0.15) is 0 Å². The zero-order valence-electron chi connectivity index (χ0n) is 8.09. The highest BCUT2D eigenvalue weighted by Crippen LogP contribution is 2.28. The molecule has 0 amide bonds. The second-order valence-corrected chi connectivity index (χ2v) is 5.11. The highest BCUT2D eigenvalue weighted by Gasteiger charge is 2.20. The molecule has 15 heavy (non-hydrogen) atoms. The molecule has 2 heterocycles. The Morgan fingerprint density at radius 2 is 2.20 bits per heavy atom. The van der Waals surface area contributed by atoms with E-state index in [1.165, 1.54) is 0 Å². The van der Waals surface area contributed by atoms with Crippen molar-refractivity contribution in [3.63, 3.8) is 0 Å². The van der Waals surface area contributed by atoms with Gasteiger partial charge in [0, 0.05) is 19.3 Å². The molecule has 0 saturated carbocycles. The van der Waals surface area contributed by atoms with E-state index in [2.05, 4.69) is 9.88 Å². The summed E-state index contributed by atoms with van der Waals surface area (Å²) in [5.74, 6) is 0.784. The third-order valence-electron chi connectivity index (χ3n) is 2.45. The molecule has 1 fully saturated rings. The number of pyridine rings is 1. The first kappa shape index (κ1) is 11.3. The second-order valence-electron chi connectivity index (χ2n) is 3.64. The lowest BCUT2D eigenvalue weighted by Crippen LogP contribution is -2.36. The largest absolute Gasteiger partial charge is 0.354 e. The molecule has 1 aromatic rings. The van der Waals surface area contributed by atoms with Crippen LogP contribution >= 0.6 is 34.8 Å². The van der Waals surface area contributed by atoms with Crippen LogP contribution in [-0.2, 0) is 0 Å². The minimum absolute atomic E-state index is 0.187. The van der Waals surface area contributed by atoms with Crippen LogP contribution in [0.5, 0.6) is 0 Å². The summed E-state index contributed by atoms with van der Waals surface area (Å²) in [6.07, 6.45) is 3.75. The Labute approximate surface area is 104 Å². The predicted octanol–water partition coefficient (Wildman–Crippen LogP) is 3.60. The van der Waals surface area contributed by atoms with Crippen molar-refractivity contribution in [2.24, 2.45) is 0 Å². The summed E-state index contributed by atoms with van der Waals surface area (Å²) in [6, 6.07) is 1.71. The van der Waals surface area contributed by atoms with Crippen molar-refractivity contribution in [3.05, 3.63) is 22.3 Å². The molecule has 0 bridgehead atoms. The van der Waals surface area contributed by atoms with E-state index in [-0.39, 0.29) is 5.38 Å². The van der Waals surface area contributed by atoms with Gasteiger partial charge in [-0.3, -0.25) is 0 Å². The summed E-state index contributed by atoms with van der Waals surface area (Å²) in [7, 11) is 0. The van der Waals surface area contributed by atoms with Gasteiger partial charge in [0.2, 0.25) is 0 Å². The Morgan fingerprint density at radius 1 is 1.40 bits per heavy atom. The number of anilines is 1. The third kappa shape index (κ3) is 2.68. The molecular weight excluding hydrogens is 254 g/mol. The van der Waals surface area contributed by atoms with Gasteiger partial charge in [-0.25, -0.2) is 4.98 Å². The van der Waals surface area contributed by atoms with Crippen molar-refractivity contribution < 1.29 is 0 Å². The van der Waals surface area contributed by atoms with Crippen molar-refractivity contribution in [2.75, 3.05) is 18.0 Å². The van der Waals surface area contributed by atoms with Crippen LogP contribution in [-0.4, -0.2) is 23.5 Å². The molecule has 2 rings (SSSR count). The number of nitrogens with zero attached hydrogens (tertiary/aromatic N) is 2. The Balaban J connectivity index is 2.21. The van der Waals surface area contributed by atoms with E-state index in [4.69, 9.17) is 34.8 Å². The molecule has 1 aliphatic heterocycles. The van der Waals surface area contributed by atoms with E-state index in [0.717, 1.165) is 31.7 Å². The summed E-state index contributed by atoms with van der Waals surface area (Å²) < 4.78 is 0. The SMILES string of the molecule is Clc1cnc(N2CCCC(Cl)C2)c(Cl)c1. The van der Waals surface area contributed by atoms with Crippen molar-refractivity contribution in [1.29, 1.82) is 0 Å². The summed E-state index contributed by atoms with van der Waals surface area (Å²) in [4.78, 5) is 6.35. The molecule has 1 atom stereocenters. The molecule has 1 aliphatic rings. The molecule has 0 aromatic carbocycles. The Kier molecular flexibility index (Phi) is 3.60. The number of aromatic nitrogens is 1. The Hall–Kier alpha value is -0.180. The third-order valence-corrected chi connectivity index (χ3v) is 3.29. The molecule has 1 saturated heterocycles. The van der Waals surface area contributed by atoms with Gasteiger partial charge < -0.3 is 4.90 Å². The maximum atomic E-state index is 6.11. The maximum Gasteiger partial charge on any atom is 0.147 e. The van der Waals surface area contributed by atoms with Crippen LogP contribution in [0.4, 0.5) is 5.82 Å². The van der Waals surface area contributed by atoms with Crippen LogP contribution in [0.15, 0.2) is 12.3 Å². The van der Waals surface area contributed by atoms with Gasteiger partial charge in [0.1, 0.15) is 5.82 Å². The van der Waals surface area contributed by atoms with Crippen LogP contribution in [0, 0.1) is 0 Å². The van der Waals surface area contributed by atoms with Crippen molar-refractivity contribution in [1.82, 2.24) is 4.98 Å². The van der Waals surface area contributed by atoms with Gasteiger partial charge in [0.05, 0.1) is 15.4 Å². The van der Waals surface area contributed by atoms with Crippen molar-refractivity contribution >= 4 is 40.6 Å². The lowest BCUT2D eigenvalue weighted by molar-refractivity contribution is 0.580. The Morgan fingerprint density at radius 3 is 2.87 bits per heavy atom. The number of rotatable bonds is 1. The van der Waals surface area contributed by atoms with E-state index in [1.54, 1.807) is 12.3 Å². The number of alkyl halides is 1. The summed E-state index contributed by atoms with van der Waals surface area (Å²) in [5, 5.41) is 1.34. The summed E-state index contributed by atoms with van der Waals surface area (Å²) >= 11 is 18.0. The fraction of sp³-hybridized carbons (Fsp3) is 0.500. The van der Waals surface area contributed by atoms with Crippen molar-refractivity contribution in [2.45, 2.75) is 18.2 Å². The molecule has 0 aliphatic carbocycles. The van der Waals surface area contributed by atoms with Gasteiger partial charge in [-0.05, 0) is 18.9 Å². The van der Waals surface area contributed by atoms with Crippen LogP contribution in [0.2, 0.25) is 10.0 Å². The Bertz CT molecular complexity index is 357. The van der Waals surface area contributed by atoms with E-state index >= 15 is 0 Å². The average Bonchev–Trinajstić information content (AvgIpc) is 2.17. The maximum absolute atomic E-state index is 6.11. The van der Waals surface area contributed by atoms with Crippen LogP contribution in [0.25, 0.3) is 0 Å². The quantitative estimate of drug-likeness (QED) is 0.721. The number of halogens is 3. The van der Waals surface area contributed by atoms with E-state index in [0.29, 0.717) is 10.0 Å². The topological polar surface area (TPSA) is 16.1 Å². The monoisotopic (exact) mass is 264 g/mol. The molecule has 0 radical (unpaired) electrons. The smallest absolute Gasteiger partial charge is 0.147 e. The highest BCUT2D eigenvalue weighted by atomic mass is 35.5. The molecule has 1 unspecified atom stereocenters. The molecule has 0 N–H and O–H groups in total. The molecule has 1 aromatic heterocycles. The molecule has 0 spiro atoms. The van der Waals surface area contributed by atoms with Gasteiger partial charge in [-0.1, -0.05) is 23.2 Å². The van der Waals surface area contributed by atoms with Gasteiger partial charge in [0.15, 0.2) is 0 Å². The minimum Gasteiger partial charge on any atom is -0.354 e. The number of hydrogen-bond acceptors (Lipinski definition) is 2. The van der Waals surface area contributed by atoms with Gasteiger partial charge in [-0.15, -0.1) is 11.6 Å². The fourth-order valence-corrected chi connectivity index (χ4v) is 2.58. The zero-order valence-corrected chi connectivity index (χ0v) is 10.4. The minimum atomic E-state index is 0.187. The molecular formula is C10H11Cl3N2. The van der Waals surface area contributed by atoms with Crippen LogP contribution in [0.1, 0.15) is 12.8 Å². The van der Waals surface area contributed by atoms with E-state index in [9.17, 15) is 0 Å². The number of piperidine rings is 1. The van der Waals surface area contributed by atoms with Crippen molar-refractivity contribution in [3.8, 4) is 0 Å². The first-order chi connectivity index (χ1) is 7.16. The van der Waals surface area contributed by atoms with Crippen LogP contribution < -0.4 is 4.90 Å². The van der Waals surface area contributed by atoms with Gasteiger partial charge >= 0.3 is 0 Å². The lowest BCUT2D eigenvalue weighted by atomic mass is 10.1. The first-order valence-corrected chi connectivity index (χ1v) is 6.06. The van der Waals surface area contributed by atoms with E-state index in [1.807, 2.05) is 0 Å². The summed E-state index contributed by atoms with van der Waals surface area (Å²) in [6.45, 7) is 1.76. The normalized spacial score (nSPS) is 21.8. The molecule has 2 nitrogen and oxygen atoms in total. The summed E-state index contributed by atoms with van der Waals surface area (Å²) in [5.41, 5.74) is 0. The van der Waals surface area contributed by atoms with E-state index < -0.39 is 0 Å².